The lowest BCUT2D eigenvalue weighted by Gasteiger charge is -2.36. The fraction of sp³-hybridized carbons (Fsp3) is 0.526. The predicted molar refractivity (Wildman–Crippen MR) is 102 cm³/mol. The van der Waals surface area contributed by atoms with E-state index < -0.39 is 35.3 Å². The molecular weight excluding hydrogens is 368 g/mol. The van der Waals surface area contributed by atoms with Crippen LogP contribution in [0.2, 0.25) is 0 Å². The Labute approximate surface area is 162 Å². The highest BCUT2D eigenvalue weighted by atomic mass is 32.2. The second-order valence-electron chi connectivity index (χ2n) is 6.95. The molecule has 2 aliphatic heterocycles. The Morgan fingerprint density at radius 1 is 1.33 bits per heavy atom. The minimum atomic E-state index is -1.95. The zero-order valence-electron chi connectivity index (χ0n) is 15.5. The van der Waals surface area contributed by atoms with E-state index in [9.17, 15) is 19.5 Å². The Morgan fingerprint density at radius 3 is 2.70 bits per heavy atom. The third-order valence-corrected chi connectivity index (χ3v) is 6.13. The Kier molecular flexibility index (Phi) is 5.48. The number of carbonyl (C=O) groups excluding carboxylic acids is 3. The lowest BCUT2D eigenvalue weighted by molar-refractivity contribution is -0.155. The van der Waals surface area contributed by atoms with Crippen LogP contribution in [-0.4, -0.2) is 46.5 Å². The molecule has 7 nitrogen and oxygen atoms in total. The van der Waals surface area contributed by atoms with Crippen LogP contribution in [-0.2, 0) is 24.7 Å². The molecule has 3 rings (SSSR count). The number of ether oxygens (including phenoxy) is 1. The molecule has 1 atom stereocenters. The molecule has 1 fully saturated rings. The standard InChI is InChI=1S/C19H24N2O5S/c1-3-26-17(24)18(7-9-27-10-8-18)21-14(22)11-19(25)13-6-4-5-12(2)15(13)20-16(19)23/h4-6,25H,3,7-11H2,1-2H3,(H,20,23)(H,21,22). The average molecular weight is 392 g/mol. The van der Waals surface area contributed by atoms with Gasteiger partial charge in [0, 0.05) is 5.56 Å². The number of thioether (sulfide) groups is 1. The van der Waals surface area contributed by atoms with Crippen LogP contribution in [0, 0.1) is 6.92 Å². The highest BCUT2D eigenvalue weighted by Gasteiger charge is 2.49. The fourth-order valence-electron chi connectivity index (χ4n) is 3.61. The third-order valence-electron chi connectivity index (χ3n) is 5.14. The summed E-state index contributed by atoms with van der Waals surface area (Å²) in [5.41, 5.74) is -1.33. The molecule has 1 unspecified atom stereocenters. The molecule has 146 valence electrons. The lowest BCUT2D eigenvalue weighted by atomic mass is 9.88. The molecule has 2 amide bonds. The molecule has 0 saturated carbocycles. The number of para-hydroxylation sites is 1. The van der Waals surface area contributed by atoms with E-state index in [0.717, 1.165) is 17.1 Å². The van der Waals surface area contributed by atoms with Gasteiger partial charge < -0.3 is 20.5 Å². The molecule has 3 N–H and O–H groups in total. The van der Waals surface area contributed by atoms with E-state index in [2.05, 4.69) is 10.6 Å². The molecule has 0 bridgehead atoms. The first-order valence-electron chi connectivity index (χ1n) is 9.02. The highest BCUT2D eigenvalue weighted by molar-refractivity contribution is 7.99. The van der Waals surface area contributed by atoms with E-state index in [1.807, 2.05) is 13.0 Å². The van der Waals surface area contributed by atoms with Gasteiger partial charge in [-0.2, -0.15) is 11.8 Å². The van der Waals surface area contributed by atoms with Crippen molar-refractivity contribution in [3.05, 3.63) is 29.3 Å². The van der Waals surface area contributed by atoms with E-state index in [-0.39, 0.29) is 6.61 Å². The zero-order chi connectivity index (χ0) is 19.7. The first kappa shape index (κ1) is 19.7. The summed E-state index contributed by atoms with van der Waals surface area (Å²) in [5.74, 6) is -0.191. The number of nitrogens with one attached hydrogen (secondary N) is 2. The van der Waals surface area contributed by atoms with Gasteiger partial charge in [0.1, 0.15) is 5.54 Å². The van der Waals surface area contributed by atoms with Gasteiger partial charge in [0.05, 0.1) is 18.7 Å². The van der Waals surface area contributed by atoms with Gasteiger partial charge in [-0.1, -0.05) is 18.2 Å². The lowest BCUT2D eigenvalue weighted by Crippen LogP contribution is -2.58. The second-order valence-corrected chi connectivity index (χ2v) is 8.18. The van der Waals surface area contributed by atoms with Gasteiger partial charge in [-0.25, -0.2) is 4.79 Å². The van der Waals surface area contributed by atoms with Gasteiger partial charge in [0.2, 0.25) is 5.91 Å². The van der Waals surface area contributed by atoms with Crippen molar-refractivity contribution in [1.29, 1.82) is 0 Å². The maximum atomic E-state index is 12.8. The van der Waals surface area contributed by atoms with Crippen LogP contribution < -0.4 is 10.6 Å². The monoisotopic (exact) mass is 392 g/mol. The number of aliphatic hydroxyl groups is 1. The molecular formula is C19H24N2O5S. The second kappa shape index (κ2) is 7.52. The maximum Gasteiger partial charge on any atom is 0.331 e. The molecule has 0 radical (unpaired) electrons. The molecule has 0 spiro atoms. The van der Waals surface area contributed by atoms with E-state index in [0.29, 0.717) is 24.1 Å². The van der Waals surface area contributed by atoms with Gasteiger partial charge in [0.25, 0.3) is 5.91 Å². The Morgan fingerprint density at radius 2 is 2.04 bits per heavy atom. The normalized spacial score (nSPS) is 23.3. The zero-order valence-corrected chi connectivity index (χ0v) is 16.3. The number of amides is 2. The first-order chi connectivity index (χ1) is 12.8. The van der Waals surface area contributed by atoms with Crippen molar-refractivity contribution in [2.24, 2.45) is 0 Å². The van der Waals surface area contributed by atoms with E-state index in [1.54, 1.807) is 30.8 Å². The van der Waals surface area contributed by atoms with Crippen LogP contribution >= 0.6 is 11.8 Å². The number of esters is 1. The molecule has 2 heterocycles. The van der Waals surface area contributed by atoms with Crippen molar-refractivity contribution in [3.8, 4) is 0 Å². The van der Waals surface area contributed by atoms with Gasteiger partial charge in [-0.3, -0.25) is 9.59 Å². The molecule has 27 heavy (non-hydrogen) atoms. The Balaban J connectivity index is 1.81. The van der Waals surface area contributed by atoms with Crippen molar-refractivity contribution < 1.29 is 24.2 Å². The van der Waals surface area contributed by atoms with Crippen LogP contribution in [0.1, 0.15) is 37.3 Å². The number of aryl methyl sites for hydroxylation is 1. The van der Waals surface area contributed by atoms with Crippen molar-refractivity contribution in [2.75, 3.05) is 23.4 Å². The number of benzene rings is 1. The Hall–Kier alpha value is -2.06. The number of fused-ring (bicyclic) bond motifs is 1. The molecule has 0 aliphatic carbocycles. The van der Waals surface area contributed by atoms with Gasteiger partial charge in [-0.05, 0) is 43.8 Å². The summed E-state index contributed by atoms with van der Waals surface area (Å²) in [5, 5.41) is 16.4. The quantitative estimate of drug-likeness (QED) is 0.656. The highest BCUT2D eigenvalue weighted by Crippen LogP contribution is 2.40. The smallest absolute Gasteiger partial charge is 0.331 e. The van der Waals surface area contributed by atoms with E-state index in [1.165, 1.54) is 0 Å². The number of carbonyl (C=O) groups is 3. The van der Waals surface area contributed by atoms with Crippen molar-refractivity contribution in [3.63, 3.8) is 0 Å². The molecule has 1 aromatic carbocycles. The summed E-state index contributed by atoms with van der Waals surface area (Å²) in [6.45, 7) is 3.76. The number of hydrogen-bond acceptors (Lipinski definition) is 6. The topological polar surface area (TPSA) is 105 Å². The van der Waals surface area contributed by atoms with Gasteiger partial charge >= 0.3 is 5.97 Å². The minimum Gasteiger partial charge on any atom is -0.464 e. The molecule has 1 aromatic rings. The summed E-state index contributed by atoms with van der Waals surface area (Å²) in [6, 6.07) is 5.18. The number of rotatable bonds is 5. The van der Waals surface area contributed by atoms with E-state index in [4.69, 9.17) is 4.74 Å². The molecule has 2 aliphatic rings. The van der Waals surface area contributed by atoms with Crippen LogP contribution in [0.25, 0.3) is 0 Å². The van der Waals surface area contributed by atoms with E-state index >= 15 is 0 Å². The SMILES string of the molecule is CCOC(=O)C1(NC(=O)CC2(O)C(=O)Nc3c(C)cccc32)CCSCC1. The Bertz CT molecular complexity index is 775. The molecule has 8 heteroatoms. The summed E-state index contributed by atoms with van der Waals surface area (Å²) >= 11 is 1.71. The van der Waals surface area contributed by atoms with Crippen LogP contribution in [0.5, 0.6) is 0 Å². The predicted octanol–water partition coefficient (Wildman–Crippen LogP) is 1.47. The van der Waals surface area contributed by atoms with Crippen LogP contribution in [0.15, 0.2) is 18.2 Å². The van der Waals surface area contributed by atoms with Crippen LogP contribution in [0.3, 0.4) is 0 Å². The summed E-state index contributed by atoms with van der Waals surface area (Å²) in [4.78, 5) is 37.7. The van der Waals surface area contributed by atoms with Crippen molar-refractivity contribution in [2.45, 2.75) is 44.2 Å². The van der Waals surface area contributed by atoms with Gasteiger partial charge in [-0.15, -0.1) is 0 Å². The number of hydrogen-bond donors (Lipinski definition) is 3. The molecule has 0 aromatic heterocycles. The van der Waals surface area contributed by atoms with Gasteiger partial charge in [0.15, 0.2) is 5.60 Å². The van der Waals surface area contributed by atoms with Crippen LogP contribution in [0.4, 0.5) is 5.69 Å². The summed E-state index contributed by atoms with van der Waals surface area (Å²) < 4.78 is 5.17. The summed E-state index contributed by atoms with van der Waals surface area (Å²) in [7, 11) is 0. The summed E-state index contributed by atoms with van der Waals surface area (Å²) in [6.07, 6.45) is 0.467. The first-order valence-corrected chi connectivity index (χ1v) is 10.2. The van der Waals surface area contributed by atoms with Crippen molar-refractivity contribution >= 4 is 35.2 Å². The maximum absolute atomic E-state index is 12.8. The largest absolute Gasteiger partial charge is 0.464 e. The minimum absolute atomic E-state index is 0.225. The van der Waals surface area contributed by atoms with Crippen molar-refractivity contribution in [1.82, 2.24) is 5.32 Å². The third kappa shape index (κ3) is 3.55. The average Bonchev–Trinajstić information content (AvgIpc) is 2.88. The fourth-order valence-corrected chi connectivity index (χ4v) is 4.80. The number of anilines is 1. The molecule has 1 saturated heterocycles.